The van der Waals surface area contributed by atoms with Crippen LogP contribution in [0.1, 0.15) is 63.6 Å². The van der Waals surface area contributed by atoms with Gasteiger partial charge in [0.2, 0.25) is 5.91 Å². The summed E-state index contributed by atoms with van der Waals surface area (Å²) in [5.74, 6) is 0.105. The van der Waals surface area contributed by atoms with Crippen molar-refractivity contribution in [1.29, 1.82) is 0 Å². The summed E-state index contributed by atoms with van der Waals surface area (Å²) < 4.78 is 43.5. The van der Waals surface area contributed by atoms with Gasteiger partial charge in [-0.05, 0) is 56.6 Å². The standard InChI is InChI=1S/C38H40F2N8O3/c1-23(2)35-42-29(51-45-35)12-13-30(49)47-19-14-25(21-47)46(3)36-27-20-41-33(26-10-4-8-24-9-5-11-28(39)31(24)26)32(40)34(27)43-37(44-36)50-22-38-15-6-17-48(38)18-7-16-38/h4-5,8-13,20,23,25H,6-7,14-19,21-22H2,1-3H3/b13-12+. The van der Waals surface area contributed by atoms with E-state index in [9.17, 15) is 4.79 Å². The average Bonchev–Trinajstić information content (AvgIpc) is 3.95. The first-order valence-corrected chi connectivity index (χ1v) is 17.7. The summed E-state index contributed by atoms with van der Waals surface area (Å²) >= 11 is 0. The van der Waals surface area contributed by atoms with Crippen LogP contribution in [0.2, 0.25) is 0 Å². The summed E-state index contributed by atoms with van der Waals surface area (Å²) in [4.78, 5) is 37.7. The topological polar surface area (TPSA) is 114 Å². The Morgan fingerprint density at radius 3 is 2.65 bits per heavy atom. The van der Waals surface area contributed by atoms with Gasteiger partial charge in [-0.2, -0.15) is 15.0 Å². The molecule has 1 atom stereocenters. The number of likely N-dealkylation sites (tertiary alicyclic amines) is 1. The first-order valence-electron chi connectivity index (χ1n) is 17.7. The maximum Gasteiger partial charge on any atom is 0.319 e. The van der Waals surface area contributed by atoms with Crippen molar-refractivity contribution in [3.63, 3.8) is 0 Å². The number of rotatable bonds is 9. The fourth-order valence-corrected chi connectivity index (χ4v) is 7.92. The highest BCUT2D eigenvalue weighted by molar-refractivity contribution is 5.99. The van der Waals surface area contributed by atoms with Crippen molar-refractivity contribution in [3.05, 3.63) is 72.0 Å². The Labute approximate surface area is 294 Å². The maximum absolute atomic E-state index is 16.8. The van der Waals surface area contributed by atoms with E-state index >= 15 is 8.78 Å². The molecular formula is C38H40F2N8O3. The Bertz CT molecular complexity index is 2140. The SMILES string of the molecule is CC(C)c1noc(/C=C/C(=O)N2CCC(N(C)c3nc(OCC45CCCN4CCC5)nc4c(F)c(-c5cccc6cccc(F)c56)ncc34)C2)n1. The number of benzene rings is 2. The molecule has 3 aliphatic rings. The van der Waals surface area contributed by atoms with Crippen LogP contribution in [0.25, 0.3) is 39.0 Å². The molecule has 2 aromatic carbocycles. The Balaban J connectivity index is 1.12. The van der Waals surface area contributed by atoms with Gasteiger partial charge < -0.3 is 19.1 Å². The van der Waals surface area contributed by atoms with Crippen LogP contribution < -0.4 is 9.64 Å². The van der Waals surface area contributed by atoms with E-state index in [0.29, 0.717) is 59.5 Å². The molecule has 3 aromatic heterocycles. The lowest BCUT2D eigenvalue weighted by molar-refractivity contribution is -0.124. The Hall–Kier alpha value is -5.04. The van der Waals surface area contributed by atoms with Gasteiger partial charge in [0, 0.05) is 61.4 Å². The lowest BCUT2D eigenvalue weighted by atomic mass is 9.95. The predicted octanol–water partition coefficient (Wildman–Crippen LogP) is 6.39. The van der Waals surface area contributed by atoms with Crippen molar-refractivity contribution in [3.8, 4) is 17.3 Å². The van der Waals surface area contributed by atoms with E-state index in [1.807, 2.05) is 25.8 Å². The van der Waals surface area contributed by atoms with E-state index in [4.69, 9.17) is 14.2 Å². The number of hydrogen-bond acceptors (Lipinski definition) is 10. The molecule has 0 aliphatic carbocycles. The fraction of sp³-hybridized carbons (Fsp3) is 0.421. The van der Waals surface area contributed by atoms with Gasteiger partial charge >= 0.3 is 6.01 Å². The van der Waals surface area contributed by atoms with Crippen molar-refractivity contribution >= 4 is 39.5 Å². The minimum Gasteiger partial charge on any atom is -0.461 e. The average molecular weight is 695 g/mol. The van der Waals surface area contributed by atoms with E-state index in [1.165, 1.54) is 18.2 Å². The number of aromatic nitrogens is 5. The second-order valence-corrected chi connectivity index (χ2v) is 14.2. The Morgan fingerprint density at radius 1 is 1.10 bits per heavy atom. The largest absolute Gasteiger partial charge is 0.461 e. The highest BCUT2D eigenvalue weighted by Gasteiger charge is 2.45. The van der Waals surface area contributed by atoms with Gasteiger partial charge in [0.15, 0.2) is 11.6 Å². The Kier molecular flexibility index (Phi) is 8.61. The zero-order chi connectivity index (χ0) is 35.3. The molecule has 0 spiro atoms. The zero-order valence-corrected chi connectivity index (χ0v) is 29.0. The first kappa shape index (κ1) is 33.1. The van der Waals surface area contributed by atoms with E-state index in [1.54, 1.807) is 41.4 Å². The van der Waals surface area contributed by atoms with Gasteiger partial charge in [-0.15, -0.1) is 0 Å². The third-order valence-electron chi connectivity index (χ3n) is 10.7. The lowest BCUT2D eigenvalue weighted by Gasteiger charge is -2.31. The van der Waals surface area contributed by atoms with Gasteiger partial charge in [-0.1, -0.05) is 49.3 Å². The van der Waals surface area contributed by atoms with E-state index in [2.05, 4.69) is 25.0 Å². The summed E-state index contributed by atoms with van der Waals surface area (Å²) in [7, 11) is 1.88. The summed E-state index contributed by atoms with van der Waals surface area (Å²) in [6, 6.07) is 9.94. The molecule has 0 saturated carbocycles. The van der Waals surface area contributed by atoms with E-state index < -0.39 is 11.6 Å². The Morgan fingerprint density at radius 2 is 1.88 bits per heavy atom. The third-order valence-corrected chi connectivity index (χ3v) is 10.7. The number of amides is 1. The molecule has 51 heavy (non-hydrogen) atoms. The van der Waals surface area contributed by atoms with Crippen molar-refractivity contribution in [2.45, 2.75) is 63.5 Å². The number of carbonyl (C=O) groups excluding carboxylic acids is 1. The molecule has 1 amide bonds. The number of ether oxygens (including phenoxy) is 1. The second kappa shape index (κ2) is 13.3. The molecule has 13 heteroatoms. The normalized spacial score (nSPS) is 18.9. The van der Waals surface area contributed by atoms with Gasteiger partial charge in [0.1, 0.15) is 29.5 Å². The summed E-state index contributed by atoms with van der Waals surface area (Å²) in [6.07, 6.45) is 9.48. The zero-order valence-electron chi connectivity index (χ0n) is 29.0. The number of fused-ring (bicyclic) bond motifs is 3. The summed E-state index contributed by atoms with van der Waals surface area (Å²) in [6.45, 7) is 7.37. The molecule has 5 aromatic rings. The van der Waals surface area contributed by atoms with Gasteiger partial charge in [0.05, 0.1) is 10.9 Å². The number of halogens is 2. The van der Waals surface area contributed by atoms with Gasteiger partial charge in [-0.25, -0.2) is 8.78 Å². The van der Waals surface area contributed by atoms with Crippen LogP contribution in [0.4, 0.5) is 14.6 Å². The first-order chi connectivity index (χ1) is 24.7. The van der Waals surface area contributed by atoms with Crippen molar-refractivity contribution in [2.24, 2.45) is 0 Å². The number of pyridine rings is 1. The summed E-state index contributed by atoms with van der Waals surface area (Å²) in [5, 5.41) is 5.28. The highest BCUT2D eigenvalue weighted by atomic mass is 19.1. The number of carbonyl (C=O) groups is 1. The predicted molar refractivity (Wildman–Crippen MR) is 189 cm³/mol. The van der Waals surface area contributed by atoms with Crippen LogP contribution in [0.15, 0.2) is 53.2 Å². The van der Waals surface area contributed by atoms with Crippen LogP contribution >= 0.6 is 0 Å². The van der Waals surface area contributed by atoms with E-state index in [-0.39, 0.29) is 46.5 Å². The molecule has 3 aliphatic heterocycles. The number of nitrogens with zero attached hydrogens (tertiary/aromatic N) is 8. The summed E-state index contributed by atoms with van der Waals surface area (Å²) in [5.41, 5.74) is 0.316. The monoisotopic (exact) mass is 694 g/mol. The van der Waals surface area contributed by atoms with Crippen molar-refractivity contribution < 1.29 is 22.8 Å². The minimum absolute atomic E-state index is 0.000931. The van der Waals surface area contributed by atoms with Crippen LogP contribution in [-0.2, 0) is 4.79 Å². The maximum atomic E-state index is 16.8. The van der Waals surface area contributed by atoms with E-state index in [0.717, 1.165) is 38.8 Å². The van der Waals surface area contributed by atoms with Crippen LogP contribution in [0.3, 0.4) is 0 Å². The smallest absolute Gasteiger partial charge is 0.319 e. The van der Waals surface area contributed by atoms with Gasteiger partial charge in [0.25, 0.3) is 5.89 Å². The third kappa shape index (κ3) is 6.07. The molecular weight excluding hydrogens is 654 g/mol. The number of likely N-dealkylation sites (N-methyl/N-ethyl adjacent to an activating group) is 1. The highest BCUT2D eigenvalue weighted by Crippen LogP contribution is 2.40. The molecule has 11 nitrogen and oxygen atoms in total. The molecule has 3 fully saturated rings. The number of hydrogen-bond donors (Lipinski definition) is 0. The molecule has 6 heterocycles. The van der Waals surface area contributed by atoms with Gasteiger partial charge in [-0.3, -0.25) is 14.7 Å². The molecule has 264 valence electrons. The molecule has 0 radical (unpaired) electrons. The fourth-order valence-electron chi connectivity index (χ4n) is 7.92. The van der Waals surface area contributed by atoms with Crippen LogP contribution in [0, 0.1) is 11.6 Å². The molecule has 1 unspecified atom stereocenters. The van der Waals surface area contributed by atoms with Crippen LogP contribution in [-0.4, -0.2) is 92.2 Å². The van der Waals surface area contributed by atoms with Crippen LogP contribution in [0.5, 0.6) is 6.01 Å². The molecule has 0 N–H and O–H groups in total. The van der Waals surface area contributed by atoms with Crippen molar-refractivity contribution in [1.82, 2.24) is 34.9 Å². The molecule has 0 bridgehead atoms. The minimum atomic E-state index is -0.679. The number of anilines is 1. The van der Waals surface area contributed by atoms with Crippen molar-refractivity contribution in [2.75, 3.05) is 44.7 Å². The molecule has 3 saturated heterocycles. The molecule has 8 rings (SSSR count). The second-order valence-electron chi connectivity index (χ2n) is 14.2. The lowest BCUT2D eigenvalue weighted by Crippen LogP contribution is -2.43. The quantitative estimate of drug-likeness (QED) is 0.161.